The summed E-state index contributed by atoms with van der Waals surface area (Å²) in [7, 11) is 0. The monoisotopic (exact) mass is 264 g/mol. The predicted molar refractivity (Wildman–Crippen MR) is 67.3 cm³/mol. The van der Waals surface area contributed by atoms with E-state index in [4.69, 9.17) is 10.2 Å². The van der Waals surface area contributed by atoms with Crippen LogP contribution in [0, 0.1) is 0 Å². The van der Waals surface area contributed by atoms with E-state index in [1.807, 2.05) is 6.92 Å². The minimum Gasteiger partial charge on any atom is -0.480 e. The zero-order valence-electron chi connectivity index (χ0n) is 10.1. The molecule has 17 heavy (non-hydrogen) atoms. The number of rotatable bonds is 8. The maximum Gasteiger partial charge on any atom is 0.328 e. The van der Waals surface area contributed by atoms with Crippen molar-refractivity contribution in [3.8, 4) is 0 Å². The number of aliphatic hydroxyl groups excluding tert-OH is 1. The first-order valence-corrected chi connectivity index (χ1v) is 6.65. The molecule has 0 aliphatic carbocycles. The molecular weight excluding hydrogens is 244 g/mol. The molecule has 7 heteroatoms. The standard InChI is InChI=1S/C10H20N2O4S/c1-3-17-5-4-7(2)11-10(16)12-8(6-13)9(14)15/h7-8,13H,3-6H2,1-2H3,(H,14,15)(H2,11,12,16)/t7?,8-/m0/s1. The number of carbonyl (C=O) groups excluding carboxylic acids is 1. The van der Waals surface area contributed by atoms with Crippen molar-refractivity contribution in [1.82, 2.24) is 10.6 Å². The molecule has 0 saturated heterocycles. The molecule has 0 heterocycles. The van der Waals surface area contributed by atoms with Gasteiger partial charge < -0.3 is 20.8 Å². The van der Waals surface area contributed by atoms with Crippen LogP contribution in [0.15, 0.2) is 0 Å². The Morgan fingerprint density at radius 2 is 2.00 bits per heavy atom. The van der Waals surface area contributed by atoms with Gasteiger partial charge in [0, 0.05) is 6.04 Å². The van der Waals surface area contributed by atoms with Crippen molar-refractivity contribution in [2.45, 2.75) is 32.4 Å². The summed E-state index contributed by atoms with van der Waals surface area (Å²) in [5, 5.41) is 22.2. The lowest BCUT2D eigenvalue weighted by Gasteiger charge is -2.16. The molecule has 0 aromatic heterocycles. The van der Waals surface area contributed by atoms with Crippen molar-refractivity contribution in [2.24, 2.45) is 0 Å². The second-order valence-electron chi connectivity index (χ2n) is 3.58. The molecule has 6 nitrogen and oxygen atoms in total. The summed E-state index contributed by atoms with van der Waals surface area (Å²) in [6.45, 7) is 3.29. The Morgan fingerprint density at radius 3 is 2.47 bits per heavy atom. The van der Waals surface area contributed by atoms with Crippen molar-refractivity contribution in [2.75, 3.05) is 18.1 Å². The van der Waals surface area contributed by atoms with Crippen LogP contribution >= 0.6 is 11.8 Å². The Hall–Kier alpha value is -0.950. The first-order valence-electron chi connectivity index (χ1n) is 5.49. The number of carbonyl (C=O) groups is 2. The third-order valence-electron chi connectivity index (χ3n) is 2.06. The highest BCUT2D eigenvalue weighted by atomic mass is 32.2. The molecule has 0 rings (SSSR count). The number of urea groups is 1. The second-order valence-corrected chi connectivity index (χ2v) is 4.97. The van der Waals surface area contributed by atoms with Gasteiger partial charge in [0.1, 0.15) is 0 Å². The highest BCUT2D eigenvalue weighted by molar-refractivity contribution is 7.99. The first kappa shape index (κ1) is 16.1. The van der Waals surface area contributed by atoms with E-state index >= 15 is 0 Å². The van der Waals surface area contributed by atoms with E-state index in [1.165, 1.54) is 0 Å². The van der Waals surface area contributed by atoms with Gasteiger partial charge in [0.25, 0.3) is 0 Å². The number of carboxylic acids is 1. The van der Waals surface area contributed by atoms with Crippen molar-refractivity contribution < 1.29 is 19.8 Å². The van der Waals surface area contributed by atoms with E-state index in [9.17, 15) is 9.59 Å². The molecule has 4 N–H and O–H groups in total. The SMILES string of the molecule is CCSCCC(C)NC(=O)N[C@@H](CO)C(=O)O. The van der Waals surface area contributed by atoms with Gasteiger partial charge in [0.2, 0.25) is 0 Å². The zero-order valence-corrected chi connectivity index (χ0v) is 10.9. The Kier molecular flexibility index (Phi) is 8.61. The third-order valence-corrected chi connectivity index (χ3v) is 3.00. The van der Waals surface area contributed by atoms with E-state index in [-0.39, 0.29) is 6.04 Å². The number of hydrogen-bond donors (Lipinski definition) is 4. The van der Waals surface area contributed by atoms with E-state index < -0.39 is 24.6 Å². The predicted octanol–water partition coefficient (Wildman–Crippen LogP) is 0.263. The summed E-state index contributed by atoms with van der Waals surface area (Å²) in [5.41, 5.74) is 0. The molecular formula is C10H20N2O4S. The van der Waals surface area contributed by atoms with E-state index in [0.717, 1.165) is 17.9 Å². The average molecular weight is 264 g/mol. The average Bonchev–Trinajstić information content (AvgIpc) is 2.25. The molecule has 0 aromatic carbocycles. The normalized spacial score (nSPS) is 13.8. The lowest BCUT2D eigenvalue weighted by molar-refractivity contribution is -0.140. The van der Waals surface area contributed by atoms with Gasteiger partial charge in [-0.3, -0.25) is 0 Å². The smallest absolute Gasteiger partial charge is 0.328 e. The van der Waals surface area contributed by atoms with Crippen LogP contribution in [0.4, 0.5) is 4.79 Å². The summed E-state index contributed by atoms with van der Waals surface area (Å²) in [6, 6.07) is -1.85. The van der Waals surface area contributed by atoms with Gasteiger partial charge in [-0.1, -0.05) is 6.92 Å². The van der Waals surface area contributed by atoms with Crippen molar-refractivity contribution in [1.29, 1.82) is 0 Å². The van der Waals surface area contributed by atoms with Gasteiger partial charge in [0.05, 0.1) is 6.61 Å². The van der Waals surface area contributed by atoms with E-state index in [0.29, 0.717) is 0 Å². The number of carboxylic acid groups (broad SMARTS) is 1. The maximum absolute atomic E-state index is 11.4. The molecule has 0 aliphatic heterocycles. The largest absolute Gasteiger partial charge is 0.480 e. The Morgan fingerprint density at radius 1 is 1.35 bits per heavy atom. The van der Waals surface area contributed by atoms with Gasteiger partial charge in [-0.15, -0.1) is 0 Å². The fourth-order valence-electron chi connectivity index (χ4n) is 1.09. The van der Waals surface area contributed by atoms with Crippen LogP contribution in [0.25, 0.3) is 0 Å². The molecule has 0 saturated carbocycles. The van der Waals surface area contributed by atoms with Crippen LogP contribution in [0.3, 0.4) is 0 Å². The fourth-order valence-corrected chi connectivity index (χ4v) is 1.89. The number of amides is 2. The third kappa shape index (κ3) is 7.87. The van der Waals surface area contributed by atoms with Gasteiger partial charge in [-0.25, -0.2) is 9.59 Å². The molecule has 100 valence electrons. The highest BCUT2D eigenvalue weighted by Crippen LogP contribution is 2.03. The van der Waals surface area contributed by atoms with Crippen LogP contribution < -0.4 is 10.6 Å². The number of thioether (sulfide) groups is 1. The maximum atomic E-state index is 11.4. The Labute approximate surface area is 105 Å². The number of hydrogen-bond acceptors (Lipinski definition) is 4. The zero-order chi connectivity index (χ0) is 13.3. The highest BCUT2D eigenvalue weighted by Gasteiger charge is 2.19. The van der Waals surface area contributed by atoms with Crippen LogP contribution in [0.5, 0.6) is 0 Å². The summed E-state index contributed by atoms with van der Waals surface area (Å²) < 4.78 is 0. The van der Waals surface area contributed by atoms with Gasteiger partial charge in [-0.2, -0.15) is 11.8 Å². The first-order chi connectivity index (χ1) is 8.01. The van der Waals surface area contributed by atoms with Crippen LogP contribution in [-0.4, -0.2) is 52.4 Å². The van der Waals surface area contributed by atoms with Crippen molar-refractivity contribution in [3.63, 3.8) is 0 Å². The lowest BCUT2D eigenvalue weighted by Crippen LogP contribution is -2.50. The minimum absolute atomic E-state index is 0.0258. The fraction of sp³-hybridized carbons (Fsp3) is 0.800. The summed E-state index contributed by atoms with van der Waals surface area (Å²) in [4.78, 5) is 21.9. The Bertz CT molecular complexity index is 250. The molecule has 2 amide bonds. The van der Waals surface area contributed by atoms with Crippen molar-refractivity contribution >= 4 is 23.8 Å². The summed E-state index contributed by atoms with van der Waals surface area (Å²) in [6.07, 6.45) is 0.822. The van der Waals surface area contributed by atoms with Crippen LogP contribution in [0.2, 0.25) is 0 Å². The summed E-state index contributed by atoms with van der Waals surface area (Å²) >= 11 is 1.78. The van der Waals surface area contributed by atoms with E-state index in [2.05, 4.69) is 17.6 Å². The van der Waals surface area contributed by atoms with Gasteiger partial charge in [-0.05, 0) is 24.9 Å². The molecule has 0 bridgehead atoms. The van der Waals surface area contributed by atoms with Crippen LogP contribution in [0.1, 0.15) is 20.3 Å². The van der Waals surface area contributed by atoms with Gasteiger partial charge in [0.15, 0.2) is 6.04 Å². The van der Waals surface area contributed by atoms with Crippen LogP contribution in [-0.2, 0) is 4.79 Å². The molecule has 0 spiro atoms. The van der Waals surface area contributed by atoms with E-state index in [1.54, 1.807) is 11.8 Å². The molecule has 0 radical (unpaired) electrons. The molecule has 1 unspecified atom stereocenters. The Balaban J connectivity index is 3.87. The van der Waals surface area contributed by atoms with Crippen molar-refractivity contribution in [3.05, 3.63) is 0 Å². The molecule has 0 aliphatic rings. The minimum atomic E-state index is -1.26. The lowest BCUT2D eigenvalue weighted by atomic mass is 10.2. The van der Waals surface area contributed by atoms with Gasteiger partial charge >= 0.3 is 12.0 Å². The number of aliphatic hydroxyl groups is 1. The summed E-state index contributed by atoms with van der Waals surface area (Å²) in [5.74, 6) is 0.724. The number of nitrogens with one attached hydrogen (secondary N) is 2. The second kappa shape index (κ2) is 9.12. The molecule has 0 aromatic rings. The quantitative estimate of drug-likeness (QED) is 0.471. The topological polar surface area (TPSA) is 98.7 Å². The number of aliphatic carboxylic acids is 1. The molecule has 2 atom stereocenters. The molecule has 0 fully saturated rings.